The number of anilines is 1. The first kappa shape index (κ1) is 20.9. The molecule has 0 fully saturated rings. The lowest BCUT2D eigenvalue weighted by Crippen LogP contribution is -2.17. The van der Waals surface area contributed by atoms with Crippen LogP contribution in [0.1, 0.15) is 11.1 Å². The van der Waals surface area contributed by atoms with Crippen LogP contribution in [-0.2, 0) is 26.2 Å². The Hall–Kier alpha value is -2.44. The van der Waals surface area contributed by atoms with Gasteiger partial charge in [-0.3, -0.25) is 4.72 Å². The largest absolute Gasteiger partial charge is 0.416 e. The van der Waals surface area contributed by atoms with Gasteiger partial charge in [-0.05, 0) is 35.9 Å². The lowest BCUT2D eigenvalue weighted by Gasteiger charge is -2.11. The summed E-state index contributed by atoms with van der Waals surface area (Å²) in [5, 5.41) is 5.33. The second-order valence-corrected chi connectivity index (χ2v) is 8.32. The maximum atomic E-state index is 13.3. The molecule has 0 saturated carbocycles. The Morgan fingerprint density at radius 1 is 1.00 bits per heavy atom. The summed E-state index contributed by atoms with van der Waals surface area (Å²) in [5.41, 5.74) is -2.17. The lowest BCUT2D eigenvalue weighted by atomic mass is 10.1. The van der Waals surface area contributed by atoms with Crippen molar-refractivity contribution in [3.63, 3.8) is 0 Å². The van der Waals surface area contributed by atoms with E-state index in [-0.39, 0.29) is 0 Å². The molecule has 0 saturated heterocycles. The predicted octanol–water partition coefficient (Wildman–Crippen LogP) is 2.90. The van der Waals surface area contributed by atoms with Gasteiger partial charge in [0.1, 0.15) is 10.7 Å². The smallest absolute Gasteiger partial charge is 0.279 e. The van der Waals surface area contributed by atoms with Crippen LogP contribution in [0, 0.1) is 5.82 Å². The summed E-state index contributed by atoms with van der Waals surface area (Å²) in [6, 6.07) is 6.32. The number of nitrogens with one attached hydrogen (secondary N) is 1. The van der Waals surface area contributed by atoms with E-state index in [1.165, 1.54) is 6.07 Å². The maximum Gasteiger partial charge on any atom is 0.416 e. The molecule has 2 aromatic rings. The van der Waals surface area contributed by atoms with E-state index in [1.807, 2.05) is 0 Å². The first-order chi connectivity index (χ1) is 12.3. The second-order valence-electron chi connectivity index (χ2n) is 5.22. The topological polar surface area (TPSA) is 106 Å². The third-order valence-electron chi connectivity index (χ3n) is 3.19. The molecule has 2 aromatic carbocycles. The Kier molecular flexibility index (Phi) is 5.63. The van der Waals surface area contributed by atoms with Crippen molar-refractivity contribution < 1.29 is 34.4 Å². The van der Waals surface area contributed by atoms with Gasteiger partial charge in [0.05, 0.1) is 16.7 Å². The van der Waals surface area contributed by atoms with Crippen LogP contribution in [0.2, 0.25) is 0 Å². The van der Waals surface area contributed by atoms with Gasteiger partial charge in [0.2, 0.25) is 10.0 Å². The minimum atomic E-state index is -4.71. The molecule has 0 aliphatic heterocycles. The summed E-state index contributed by atoms with van der Waals surface area (Å²) in [6.45, 7) is 0. The van der Waals surface area contributed by atoms with Crippen molar-refractivity contribution in [2.75, 3.05) is 4.72 Å². The van der Waals surface area contributed by atoms with E-state index in [9.17, 15) is 34.4 Å². The summed E-state index contributed by atoms with van der Waals surface area (Å²) in [5.74, 6) is -0.952. The normalized spacial score (nSPS) is 13.1. The van der Waals surface area contributed by atoms with Crippen LogP contribution in [0.4, 0.5) is 23.2 Å². The van der Waals surface area contributed by atoms with E-state index >= 15 is 0 Å². The minimum absolute atomic E-state index is 0.398. The fraction of sp³-hybridized carbons (Fsp3) is 0.0667. The minimum Gasteiger partial charge on any atom is -0.279 e. The molecule has 0 heterocycles. The van der Waals surface area contributed by atoms with Crippen molar-refractivity contribution in [2.45, 2.75) is 11.1 Å². The van der Waals surface area contributed by atoms with Gasteiger partial charge in [0.15, 0.2) is 0 Å². The average molecular weight is 424 g/mol. The standard InChI is InChI=1S/C15H12F4N2O4S2/c16-11-5-6-14(27(20,24)25)13(9-11)21-26(22,23)8-7-10-3-1-2-4-12(10)15(17,18)19/h1-9,21H,(H2,20,24,25). The molecule has 0 aliphatic rings. The molecule has 0 atom stereocenters. The van der Waals surface area contributed by atoms with Crippen LogP contribution in [0.25, 0.3) is 6.08 Å². The molecular formula is C15H12F4N2O4S2. The Balaban J connectivity index is 2.41. The Labute approximate surface area is 152 Å². The van der Waals surface area contributed by atoms with Crippen molar-refractivity contribution >= 4 is 31.8 Å². The van der Waals surface area contributed by atoms with E-state index in [4.69, 9.17) is 5.14 Å². The monoisotopic (exact) mass is 424 g/mol. The Morgan fingerprint density at radius 2 is 1.63 bits per heavy atom. The molecular weight excluding hydrogens is 412 g/mol. The third kappa shape index (κ3) is 5.52. The molecule has 0 aliphatic carbocycles. The summed E-state index contributed by atoms with van der Waals surface area (Å²) in [4.78, 5) is -0.698. The molecule has 0 radical (unpaired) electrons. The van der Waals surface area contributed by atoms with Crippen LogP contribution >= 0.6 is 0 Å². The first-order valence-electron chi connectivity index (χ1n) is 6.99. The predicted molar refractivity (Wildman–Crippen MR) is 90.8 cm³/mol. The van der Waals surface area contributed by atoms with Crippen molar-refractivity contribution in [3.8, 4) is 0 Å². The van der Waals surface area contributed by atoms with Crippen molar-refractivity contribution in [3.05, 3.63) is 64.8 Å². The van der Waals surface area contributed by atoms with Gasteiger partial charge in [0, 0.05) is 0 Å². The third-order valence-corrected chi connectivity index (χ3v) is 5.16. The molecule has 12 heteroatoms. The van der Waals surface area contributed by atoms with Crippen LogP contribution < -0.4 is 9.86 Å². The molecule has 0 spiro atoms. The Morgan fingerprint density at radius 3 is 2.22 bits per heavy atom. The van der Waals surface area contributed by atoms with Gasteiger partial charge in [-0.25, -0.2) is 26.4 Å². The fourth-order valence-corrected chi connectivity index (χ4v) is 3.69. The Bertz CT molecular complexity index is 1100. The molecule has 0 unspecified atom stereocenters. The number of nitrogens with two attached hydrogens (primary N) is 1. The van der Waals surface area contributed by atoms with Crippen LogP contribution in [0.5, 0.6) is 0 Å². The maximum absolute atomic E-state index is 13.3. The summed E-state index contributed by atoms with van der Waals surface area (Å²) in [6.07, 6.45) is -4.03. The van der Waals surface area contributed by atoms with E-state index in [2.05, 4.69) is 0 Å². The number of sulfonamides is 2. The van der Waals surface area contributed by atoms with Gasteiger partial charge >= 0.3 is 6.18 Å². The summed E-state index contributed by atoms with van der Waals surface area (Å²) in [7, 11) is -8.86. The fourth-order valence-electron chi connectivity index (χ4n) is 2.08. The first-order valence-corrected chi connectivity index (χ1v) is 10.1. The number of halogens is 4. The number of rotatable bonds is 5. The van der Waals surface area contributed by atoms with E-state index in [0.29, 0.717) is 17.6 Å². The van der Waals surface area contributed by atoms with Crippen LogP contribution in [0.15, 0.2) is 52.8 Å². The molecule has 0 amide bonds. The van der Waals surface area contributed by atoms with E-state index in [1.54, 1.807) is 4.72 Å². The van der Waals surface area contributed by atoms with Crippen molar-refractivity contribution in [2.24, 2.45) is 5.14 Å². The molecule has 2 rings (SSSR count). The van der Waals surface area contributed by atoms with Gasteiger partial charge in [-0.2, -0.15) is 13.2 Å². The number of hydrogen-bond acceptors (Lipinski definition) is 4. The van der Waals surface area contributed by atoms with Gasteiger partial charge in [0.25, 0.3) is 10.0 Å². The number of alkyl halides is 3. The van der Waals surface area contributed by atoms with Gasteiger partial charge < -0.3 is 0 Å². The number of primary sulfonamides is 1. The molecule has 0 bridgehead atoms. The van der Waals surface area contributed by atoms with Crippen LogP contribution in [-0.4, -0.2) is 16.8 Å². The molecule has 0 aromatic heterocycles. The highest BCUT2D eigenvalue weighted by Crippen LogP contribution is 2.32. The zero-order valence-electron chi connectivity index (χ0n) is 13.2. The lowest BCUT2D eigenvalue weighted by molar-refractivity contribution is -0.137. The highest BCUT2D eigenvalue weighted by Gasteiger charge is 2.32. The molecule has 6 nitrogen and oxygen atoms in total. The molecule has 3 N–H and O–H groups in total. The number of benzene rings is 2. The average Bonchev–Trinajstić information content (AvgIpc) is 2.51. The zero-order chi connectivity index (χ0) is 20.5. The highest BCUT2D eigenvalue weighted by atomic mass is 32.2. The number of hydrogen-bond donors (Lipinski definition) is 2. The molecule has 146 valence electrons. The zero-order valence-corrected chi connectivity index (χ0v) is 14.9. The van der Waals surface area contributed by atoms with Crippen molar-refractivity contribution in [1.29, 1.82) is 0 Å². The SMILES string of the molecule is NS(=O)(=O)c1ccc(F)cc1NS(=O)(=O)C=Cc1ccccc1C(F)(F)F. The summed E-state index contributed by atoms with van der Waals surface area (Å²) >= 11 is 0. The van der Waals surface area contributed by atoms with Crippen LogP contribution in [0.3, 0.4) is 0 Å². The highest BCUT2D eigenvalue weighted by molar-refractivity contribution is 7.95. The molecule has 27 heavy (non-hydrogen) atoms. The van der Waals surface area contributed by atoms with Crippen molar-refractivity contribution in [1.82, 2.24) is 0 Å². The van der Waals surface area contributed by atoms with Gasteiger partial charge in [-0.1, -0.05) is 18.2 Å². The summed E-state index contributed by atoms with van der Waals surface area (Å²) < 4.78 is 101. The quantitative estimate of drug-likeness (QED) is 0.720. The second kappa shape index (κ2) is 7.29. The van der Waals surface area contributed by atoms with Gasteiger partial charge in [-0.15, -0.1) is 0 Å². The van der Waals surface area contributed by atoms with E-state index < -0.39 is 53.7 Å². The van der Waals surface area contributed by atoms with E-state index in [0.717, 1.165) is 30.3 Å².